The van der Waals surface area contributed by atoms with Crippen molar-refractivity contribution in [2.24, 2.45) is 5.92 Å². The first-order valence-electron chi connectivity index (χ1n) is 18.1. The van der Waals surface area contributed by atoms with Crippen molar-refractivity contribution < 1.29 is 23.5 Å². The number of hydrogen-bond donors (Lipinski definition) is 1. The minimum atomic E-state index is -2.09. The molecule has 0 heterocycles. The number of ether oxygens (including phenoxy) is 1. The van der Waals surface area contributed by atoms with Crippen LogP contribution < -0.4 is 0 Å². The summed E-state index contributed by atoms with van der Waals surface area (Å²) in [5.41, 5.74) is 4.79. The maximum atomic E-state index is 11.8. The lowest BCUT2D eigenvalue weighted by molar-refractivity contribution is -0.140. The molecule has 5 nitrogen and oxygen atoms in total. The van der Waals surface area contributed by atoms with Crippen molar-refractivity contribution in [2.45, 2.75) is 160 Å². The van der Waals surface area contributed by atoms with Crippen LogP contribution in [0.3, 0.4) is 0 Å². The summed E-state index contributed by atoms with van der Waals surface area (Å²) < 4.78 is 19.0. The van der Waals surface area contributed by atoms with Gasteiger partial charge >= 0.3 is 5.97 Å². The SMILES string of the molecule is CCCCCC(O[Si](C)(C)C(C)(C)C)c1ccc([C@@H]2C(Cc3cccc(CCC(=O)OC)c3)[C@@H](O)C[C@H]2O[Si](C)(C)C(C)(C)C)cc1. The summed E-state index contributed by atoms with van der Waals surface area (Å²) in [5, 5.41) is 11.9. The molecule has 1 fully saturated rings. The predicted molar refractivity (Wildman–Crippen MR) is 201 cm³/mol. The van der Waals surface area contributed by atoms with E-state index in [9.17, 15) is 9.90 Å². The molecule has 5 atom stereocenters. The lowest BCUT2D eigenvalue weighted by atomic mass is 9.82. The van der Waals surface area contributed by atoms with Gasteiger partial charge in [0.15, 0.2) is 16.6 Å². The molecule has 0 radical (unpaired) electrons. The number of aliphatic hydroxyl groups excluding tert-OH is 1. The smallest absolute Gasteiger partial charge is 0.305 e. The molecule has 2 aromatic carbocycles. The molecule has 0 amide bonds. The van der Waals surface area contributed by atoms with Crippen LogP contribution in [0.5, 0.6) is 0 Å². The Hall–Kier alpha value is -1.78. The molecule has 1 saturated carbocycles. The van der Waals surface area contributed by atoms with Gasteiger partial charge in [0.1, 0.15) is 0 Å². The Labute approximate surface area is 289 Å². The van der Waals surface area contributed by atoms with E-state index in [-0.39, 0.29) is 40.1 Å². The van der Waals surface area contributed by atoms with E-state index in [2.05, 4.69) is 123 Å². The Bertz CT molecular complexity index is 1270. The fourth-order valence-corrected chi connectivity index (χ4v) is 9.02. The average Bonchev–Trinajstić information content (AvgIpc) is 3.27. The summed E-state index contributed by atoms with van der Waals surface area (Å²) in [6.45, 7) is 25.4. The lowest BCUT2D eigenvalue weighted by Gasteiger charge is -2.40. The highest BCUT2D eigenvalue weighted by Crippen LogP contribution is 2.48. The van der Waals surface area contributed by atoms with E-state index in [0.717, 1.165) is 24.8 Å². The Morgan fingerprint density at radius 3 is 2.11 bits per heavy atom. The van der Waals surface area contributed by atoms with Crippen LogP contribution in [0.25, 0.3) is 0 Å². The summed E-state index contributed by atoms with van der Waals surface area (Å²) >= 11 is 0. The van der Waals surface area contributed by atoms with Crippen LogP contribution in [-0.4, -0.2) is 47.0 Å². The van der Waals surface area contributed by atoms with Gasteiger partial charge in [-0.15, -0.1) is 0 Å². The zero-order valence-corrected chi connectivity index (χ0v) is 33.7. The fraction of sp³-hybridized carbons (Fsp3) is 0.675. The first-order valence-corrected chi connectivity index (χ1v) is 23.9. The highest BCUT2D eigenvalue weighted by atomic mass is 28.4. The maximum Gasteiger partial charge on any atom is 0.305 e. The molecule has 47 heavy (non-hydrogen) atoms. The number of carbonyl (C=O) groups is 1. The molecular formula is C40H66O5Si2. The molecule has 0 spiro atoms. The van der Waals surface area contributed by atoms with Crippen LogP contribution in [-0.2, 0) is 31.2 Å². The molecule has 2 aromatic rings. The van der Waals surface area contributed by atoms with Crippen LogP contribution in [0.15, 0.2) is 48.5 Å². The summed E-state index contributed by atoms with van der Waals surface area (Å²) in [5.74, 6) is -0.0971. The number of benzene rings is 2. The second-order valence-electron chi connectivity index (χ2n) is 17.0. The number of hydrogen-bond acceptors (Lipinski definition) is 5. The normalized spacial score (nSPS) is 21.6. The molecule has 0 aliphatic heterocycles. The van der Waals surface area contributed by atoms with Gasteiger partial charge in [0.05, 0.1) is 25.4 Å². The van der Waals surface area contributed by atoms with E-state index >= 15 is 0 Å². The fourth-order valence-electron chi connectivity index (χ4n) is 6.35. The number of methoxy groups -OCH3 is 1. The van der Waals surface area contributed by atoms with Crippen molar-refractivity contribution in [1.82, 2.24) is 0 Å². The average molecular weight is 683 g/mol. The van der Waals surface area contributed by atoms with E-state index in [0.29, 0.717) is 19.3 Å². The van der Waals surface area contributed by atoms with Crippen LogP contribution in [0.4, 0.5) is 0 Å². The van der Waals surface area contributed by atoms with Gasteiger partial charge in [-0.1, -0.05) is 116 Å². The highest BCUT2D eigenvalue weighted by Gasteiger charge is 2.48. The molecule has 264 valence electrons. The largest absolute Gasteiger partial charge is 0.469 e. The lowest BCUT2D eigenvalue weighted by Crippen LogP contribution is -2.44. The standard InChI is InChI=1S/C40H66O5Si2/c1-13-14-15-19-35(44-46(9,10)39(2,3)4)31-21-23-32(24-22-31)38-33(34(41)28-36(38)45-47(11,12)40(5,6)7)27-30-18-16-17-29(26-30)20-25-37(42)43-8/h16-18,21-24,26,33-36,38,41H,13-15,19-20,25,27-28H2,1-12H3/t33?,34-,35?,36+,38+/m0/s1. The summed E-state index contributed by atoms with van der Waals surface area (Å²) in [4.78, 5) is 11.8. The Morgan fingerprint density at radius 2 is 1.53 bits per heavy atom. The zero-order chi connectivity index (χ0) is 35.2. The minimum absolute atomic E-state index is 0.0234. The van der Waals surface area contributed by atoms with E-state index in [4.69, 9.17) is 13.6 Å². The third-order valence-electron chi connectivity index (χ3n) is 11.4. The molecule has 0 saturated heterocycles. The number of rotatable bonds is 15. The number of carbonyl (C=O) groups excluding carboxylic acids is 1. The van der Waals surface area contributed by atoms with Gasteiger partial charge in [-0.05, 0) is 90.1 Å². The first kappa shape index (κ1) is 39.7. The van der Waals surface area contributed by atoms with Gasteiger partial charge in [-0.2, -0.15) is 0 Å². The maximum absolute atomic E-state index is 11.8. The highest BCUT2D eigenvalue weighted by molar-refractivity contribution is 6.74. The molecule has 1 N–H and O–H groups in total. The second kappa shape index (κ2) is 16.3. The molecule has 1 aliphatic carbocycles. The van der Waals surface area contributed by atoms with Gasteiger partial charge in [-0.3, -0.25) is 4.79 Å². The van der Waals surface area contributed by atoms with Gasteiger partial charge in [0.2, 0.25) is 0 Å². The van der Waals surface area contributed by atoms with Gasteiger partial charge in [-0.25, -0.2) is 0 Å². The van der Waals surface area contributed by atoms with E-state index < -0.39 is 22.7 Å². The Kier molecular flexibility index (Phi) is 13.7. The van der Waals surface area contributed by atoms with Gasteiger partial charge in [0, 0.05) is 12.3 Å². The van der Waals surface area contributed by atoms with Crippen molar-refractivity contribution >= 4 is 22.6 Å². The van der Waals surface area contributed by atoms with Crippen molar-refractivity contribution in [1.29, 1.82) is 0 Å². The zero-order valence-electron chi connectivity index (χ0n) is 31.7. The molecule has 0 aromatic heterocycles. The Morgan fingerprint density at radius 1 is 0.915 bits per heavy atom. The van der Waals surface area contributed by atoms with Crippen molar-refractivity contribution in [3.05, 3.63) is 70.8 Å². The molecular weight excluding hydrogens is 617 g/mol. The predicted octanol–water partition coefficient (Wildman–Crippen LogP) is 10.5. The van der Waals surface area contributed by atoms with Crippen molar-refractivity contribution in [2.75, 3.05) is 7.11 Å². The third kappa shape index (κ3) is 10.6. The number of esters is 1. The van der Waals surface area contributed by atoms with Crippen LogP contribution in [0.2, 0.25) is 36.3 Å². The molecule has 1 aliphatic rings. The van der Waals surface area contributed by atoms with E-state index in [1.165, 1.54) is 36.6 Å². The molecule has 2 unspecified atom stereocenters. The monoisotopic (exact) mass is 682 g/mol. The first-order chi connectivity index (χ1) is 21.8. The Balaban J connectivity index is 1.97. The van der Waals surface area contributed by atoms with E-state index in [1.54, 1.807) is 0 Å². The van der Waals surface area contributed by atoms with Crippen molar-refractivity contribution in [3.8, 4) is 0 Å². The van der Waals surface area contributed by atoms with Crippen molar-refractivity contribution in [3.63, 3.8) is 0 Å². The van der Waals surface area contributed by atoms with Crippen LogP contribution in [0.1, 0.15) is 121 Å². The minimum Gasteiger partial charge on any atom is -0.469 e. The van der Waals surface area contributed by atoms with Gasteiger partial charge < -0.3 is 18.7 Å². The van der Waals surface area contributed by atoms with E-state index in [1.807, 2.05) is 0 Å². The second-order valence-corrected chi connectivity index (χ2v) is 26.6. The van der Waals surface area contributed by atoms with Gasteiger partial charge in [0.25, 0.3) is 0 Å². The number of aryl methyl sites for hydroxylation is 1. The quantitative estimate of drug-likeness (QED) is 0.115. The molecule has 7 heteroatoms. The summed E-state index contributed by atoms with van der Waals surface area (Å²) in [6.07, 6.45) is 6.59. The topological polar surface area (TPSA) is 65.0 Å². The van der Waals surface area contributed by atoms with Crippen LogP contribution >= 0.6 is 0 Å². The van der Waals surface area contributed by atoms with Crippen LogP contribution in [0, 0.1) is 5.92 Å². The molecule has 3 rings (SSSR count). The number of unbranched alkanes of at least 4 members (excludes halogenated alkanes) is 2. The summed E-state index contributed by atoms with van der Waals surface area (Å²) in [7, 11) is -2.62. The summed E-state index contributed by atoms with van der Waals surface area (Å²) in [6, 6.07) is 17.6. The molecule has 0 bridgehead atoms. The number of aliphatic hydroxyl groups is 1. The third-order valence-corrected chi connectivity index (χ3v) is 20.4.